The van der Waals surface area contributed by atoms with E-state index in [0.29, 0.717) is 16.1 Å². The number of nitrogens with zero attached hydrogens (tertiary/aromatic N) is 4. The molecule has 0 saturated heterocycles. The van der Waals surface area contributed by atoms with E-state index in [-0.39, 0.29) is 0 Å². The number of rotatable bonds is 0. The molecule has 2 heterocycles. The van der Waals surface area contributed by atoms with Crippen molar-refractivity contribution in [2.45, 2.75) is 0 Å². The van der Waals surface area contributed by atoms with E-state index in [4.69, 9.17) is 6.57 Å². The highest BCUT2D eigenvalue weighted by atomic mass is 79.9. The Balaban J connectivity index is 2.89. The maximum atomic E-state index is 5.15. The largest absolute Gasteiger partial charge is 0.413 e. The minimum atomic E-state index is 0.575. The fourth-order valence-electron chi connectivity index (χ4n) is 0.952. The Morgan fingerprint density at radius 1 is 1.58 bits per heavy atom. The van der Waals surface area contributed by atoms with E-state index < -0.39 is 0 Å². The van der Waals surface area contributed by atoms with Crippen LogP contribution in [0.4, 0.5) is 5.82 Å². The van der Waals surface area contributed by atoms with Crippen molar-refractivity contribution in [3.05, 3.63) is 27.8 Å². The van der Waals surface area contributed by atoms with Crippen molar-refractivity contribution in [3.8, 4) is 6.57 Å². The summed E-state index contributed by atoms with van der Waals surface area (Å²) in [6.45, 7) is 5.15. The van der Waals surface area contributed by atoms with Gasteiger partial charge in [0.25, 0.3) is 5.65 Å². The molecule has 5 heteroatoms. The molecule has 0 bridgehead atoms. The smallest absolute Gasteiger partial charge is 0.215 e. The molecule has 58 valence electrons. The van der Waals surface area contributed by atoms with Crippen molar-refractivity contribution in [1.29, 1.82) is 0 Å². The van der Waals surface area contributed by atoms with Crippen LogP contribution in [0.15, 0.2) is 22.9 Å². The Bertz CT molecular complexity index is 468. The van der Waals surface area contributed by atoms with Crippen LogP contribution >= 0.6 is 15.9 Å². The number of fused-ring (bicyclic) bond motifs is 1. The first-order valence-corrected chi connectivity index (χ1v) is 4.02. The maximum absolute atomic E-state index is 5.15. The lowest BCUT2D eigenvalue weighted by atomic mass is 10.5. The SMILES string of the molecule is C#[N+]c1ccnc2cc(Br)nn12. The van der Waals surface area contributed by atoms with Crippen molar-refractivity contribution in [1.82, 2.24) is 14.6 Å². The molecule has 2 aromatic rings. The van der Waals surface area contributed by atoms with E-state index in [1.807, 2.05) is 0 Å². The molecule has 0 aliphatic carbocycles. The highest BCUT2D eigenvalue weighted by Crippen LogP contribution is 2.16. The van der Waals surface area contributed by atoms with Crippen LogP contribution in [0, 0.1) is 6.57 Å². The monoisotopic (exact) mass is 223 g/mol. The third-order valence-electron chi connectivity index (χ3n) is 1.44. The second-order valence-electron chi connectivity index (χ2n) is 2.17. The third kappa shape index (κ3) is 0.970. The number of aromatic nitrogens is 3. The number of hydrogen-bond acceptors (Lipinski definition) is 2. The summed E-state index contributed by atoms with van der Waals surface area (Å²) >= 11 is 3.23. The lowest BCUT2D eigenvalue weighted by Crippen LogP contribution is -1.88. The summed E-state index contributed by atoms with van der Waals surface area (Å²) in [5.41, 5.74) is 0.716. The average molecular weight is 224 g/mol. The van der Waals surface area contributed by atoms with Crippen LogP contribution in [0.25, 0.3) is 10.5 Å². The van der Waals surface area contributed by atoms with Crippen LogP contribution in [-0.2, 0) is 0 Å². The normalized spacial score (nSPS) is 10.0. The molecule has 0 N–H and O–H groups in total. The summed E-state index contributed by atoms with van der Waals surface area (Å²) in [5.74, 6) is 0.575. The third-order valence-corrected chi connectivity index (χ3v) is 1.83. The quantitative estimate of drug-likeness (QED) is 0.686. The number of hydrogen-bond donors (Lipinski definition) is 0. The van der Waals surface area contributed by atoms with Crippen molar-refractivity contribution in [2.75, 3.05) is 0 Å². The molecule has 0 fully saturated rings. The first-order chi connectivity index (χ1) is 5.81. The van der Waals surface area contributed by atoms with Gasteiger partial charge in [-0.05, 0) is 15.9 Å². The van der Waals surface area contributed by atoms with E-state index in [2.05, 4.69) is 30.9 Å². The first-order valence-electron chi connectivity index (χ1n) is 3.22. The molecule has 0 aromatic carbocycles. The Kier molecular flexibility index (Phi) is 1.55. The van der Waals surface area contributed by atoms with Gasteiger partial charge in [0.1, 0.15) is 6.57 Å². The number of halogens is 1. The molecule has 2 aromatic heterocycles. The molecular formula is C7H4BrN4+. The summed E-state index contributed by atoms with van der Waals surface area (Å²) in [6, 6.07) is 3.47. The van der Waals surface area contributed by atoms with E-state index >= 15 is 0 Å². The molecule has 0 spiro atoms. The van der Waals surface area contributed by atoms with Crippen LogP contribution in [0.1, 0.15) is 0 Å². The standard InChI is InChI=1S/C7H4BrN4/c1-9-6-2-3-10-7-4-5(8)11-12(6)7/h1-4H/q+1. The predicted molar refractivity (Wildman–Crippen MR) is 48.7 cm³/mol. The second-order valence-corrected chi connectivity index (χ2v) is 2.98. The summed E-state index contributed by atoms with van der Waals surface area (Å²) in [4.78, 5) is 7.62. The van der Waals surface area contributed by atoms with Crippen LogP contribution in [0.3, 0.4) is 0 Å². The molecule has 0 saturated carbocycles. The summed E-state index contributed by atoms with van der Waals surface area (Å²) in [5, 5.41) is 4.08. The average Bonchev–Trinajstić information content (AvgIpc) is 2.44. The summed E-state index contributed by atoms with van der Waals surface area (Å²) < 4.78 is 2.27. The highest BCUT2D eigenvalue weighted by Gasteiger charge is 2.11. The Morgan fingerprint density at radius 2 is 2.42 bits per heavy atom. The fourth-order valence-corrected chi connectivity index (χ4v) is 1.32. The van der Waals surface area contributed by atoms with Gasteiger partial charge >= 0.3 is 5.82 Å². The molecule has 0 amide bonds. The topological polar surface area (TPSA) is 34.5 Å². The van der Waals surface area contributed by atoms with E-state index in [0.717, 1.165) is 0 Å². The van der Waals surface area contributed by atoms with Crippen LogP contribution in [0.5, 0.6) is 0 Å². The maximum Gasteiger partial charge on any atom is 0.413 e. The first kappa shape index (κ1) is 7.25. The van der Waals surface area contributed by atoms with Gasteiger partial charge < -0.3 is 0 Å². The van der Waals surface area contributed by atoms with Crippen molar-refractivity contribution >= 4 is 27.4 Å². The predicted octanol–water partition coefficient (Wildman–Crippen LogP) is 2.09. The van der Waals surface area contributed by atoms with Crippen molar-refractivity contribution < 1.29 is 0 Å². The van der Waals surface area contributed by atoms with Gasteiger partial charge in [-0.25, -0.2) is 4.98 Å². The van der Waals surface area contributed by atoms with E-state index in [1.54, 1.807) is 22.8 Å². The summed E-state index contributed by atoms with van der Waals surface area (Å²) in [7, 11) is 0. The van der Waals surface area contributed by atoms with Crippen molar-refractivity contribution in [3.63, 3.8) is 0 Å². The molecule has 0 aliphatic heterocycles. The molecular weight excluding hydrogens is 220 g/mol. The van der Waals surface area contributed by atoms with Gasteiger partial charge in [0.05, 0.1) is 6.07 Å². The lowest BCUT2D eigenvalue weighted by Gasteiger charge is -1.82. The molecule has 0 atom stereocenters. The fraction of sp³-hybridized carbons (Fsp3) is 0. The van der Waals surface area contributed by atoms with Crippen LogP contribution < -0.4 is 0 Å². The molecule has 0 radical (unpaired) electrons. The van der Waals surface area contributed by atoms with Gasteiger partial charge in [-0.2, -0.15) is 4.85 Å². The van der Waals surface area contributed by atoms with Crippen molar-refractivity contribution in [2.24, 2.45) is 0 Å². The second kappa shape index (κ2) is 2.57. The zero-order valence-corrected chi connectivity index (χ0v) is 7.56. The zero-order chi connectivity index (χ0) is 8.55. The molecule has 0 unspecified atom stereocenters. The Hall–Kier alpha value is -1.41. The molecule has 4 nitrogen and oxygen atoms in total. The van der Waals surface area contributed by atoms with Gasteiger partial charge in [-0.15, -0.1) is 0 Å². The highest BCUT2D eigenvalue weighted by molar-refractivity contribution is 9.10. The minimum absolute atomic E-state index is 0.575. The van der Waals surface area contributed by atoms with E-state index in [9.17, 15) is 0 Å². The van der Waals surface area contributed by atoms with Gasteiger partial charge in [-0.3, -0.25) is 0 Å². The van der Waals surface area contributed by atoms with Crippen LogP contribution in [0.2, 0.25) is 0 Å². The molecule has 0 aliphatic rings. The zero-order valence-electron chi connectivity index (χ0n) is 5.98. The van der Waals surface area contributed by atoms with Gasteiger partial charge in [0.2, 0.25) is 0 Å². The molecule has 2 rings (SSSR count). The van der Waals surface area contributed by atoms with Gasteiger partial charge in [0.15, 0.2) is 4.60 Å². The van der Waals surface area contributed by atoms with Gasteiger partial charge in [-0.1, -0.05) is 9.61 Å². The lowest BCUT2D eigenvalue weighted by molar-refractivity contribution is 0.945. The Labute approximate surface area is 76.8 Å². The van der Waals surface area contributed by atoms with E-state index in [1.165, 1.54) is 0 Å². The van der Waals surface area contributed by atoms with Gasteiger partial charge in [0, 0.05) is 12.3 Å². The summed E-state index contributed by atoms with van der Waals surface area (Å²) in [6.07, 6.45) is 1.63. The molecule has 12 heavy (non-hydrogen) atoms. The minimum Gasteiger partial charge on any atom is -0.215 e. The van der Waals surface area contributed by atoms with Crippen LogP contribution in [-0.4, -0.2) is 14.6 Å². The Morgan fingerprint density at radius 3 is 3.17 bits per heavy atom.